The molecule has 1 aromatic carbocycles. The van der Waals surface area contributed by atoms with E-state index in [4.69, 9.17) is 13.9 Å². The molecule has 0 saturated carbocycles. The lowest BCUT2D eigenvalue weighted by Gasteiger charge is -2.10. The van der Waals surface area contributed by atoms with Crippen LogP contribution in [-0.2, 0) is 0 Å². The summed E-state index contributed by atoms with van der Waals surface area (Å²) in [5.41, 5.74) is 0.914. The van der Waals surface area contributed by atoms with Crippen molar-refractivity contribution in [3.8, 4) is 11.5 Å². The maximum absolute atomic E-state index is 12.2. The number of aromatic amines is 1. The van der Waals surface area contributed by atoms with E-state index in [2.05, 4.69) is 4.98 Å². The Hall–Kier alpha value is -2.43. The molecule has 0 atom stereocenters. The van der Waals surface area contributed by atoms with Crippen LogP contribution in [0, 0.1) is 0 Å². The summed E-state index contributed by atoms with van der Waals surface area (Å²) in [6, 6.07) is 5.06. The van der Waals surface area contributed by atoms with Gasteiger partial charge in [0.1, 0.15) is 0 Å². The van der Waals surface area contributed by atoms with Gasteiger partial charge in [-0.2, -0.15) is 0 Å². The molecule has 0 aliphatic rings. The van der Waals surface area contributed by atoms with E-state index in [0.717, 1.165) is 0 Å². The Balaban J connectivity index is 2.54. The van der Waals surface area contributed by atoms with Gasteiger partial charge >= 0.3 is 0 Å². The Morgan fingerprint density at radius 2 is 1.94 bits per heavy atom. The molecule has 0 aliphatic heterocycles. The SMILES string of the molecule is COc1ccc2c(=O)c3ccoc3[nH]c2c1OC. The molecule has 1 N–H and O–H groups in total. The van der Waals surface area contributed by atoms with Gasteiger partial charge in [-0.25, -0.2) is 0 Å². The van der Waals surface area contributed by atoms with Crippen LogP contribution in [0.2, 0.25) is 0 Å². The molecule has 2 aromatic heterocycles. The normalized spacial score (nSPS) is 11.0. The number of nitrogens with one attached hydrogen (secondary N) is 1. The summed E-state index contributed by atoms with van der Waals surface area (Å²) < 4.78 is 15.7. The van der Waals surface area contributed by atoms with E-state index in [0.29, 0.717) is 33.5 Å². The number of aromatic nitrogens is 1. The average molecular weight is 245 g/mol. The van der Waals surface area contributed by atoms with Crippen molar-refractivity contribution in [2.45, 2.75) is 0 Å². The highest BCUT2D eigenvalue weighted by atomic mass is 16.5. The first kappa shape index (κ1) is 10.7. The van der Waals surface area contributed by atoms with Crippen LogP contribution < -0.4 is 14.9 Å². The maximum atomic E-state index is 12.2. The van der Waals surface area contributed by atoms with Gasteiger partial charge in [-0.1, -0.05) is 0 Å². The van der Waals surface area contributed by atoms with Crippen molar-refractivity contribution in [2.24, 2.45) is 0 Å². The molecule has 0 amide bonds. The van der Waals surface area contributed by atoms with Gasteiger partial charge in [0.25, 0.3) is 0 Å². The number of fused-ring (bicyclic) bond motifs is 2. The van der Waals surface area contributed by atoms with Crippen LogP contribution in [0.4, 0.5) is 0 Å². The molecule has 0 bridgehead atoms. The molecule has 3 aromatic rings. The molecule has 0 saturated heterocycles. The Morgan fingerprint density at radius 1 is 1.11 bits per heavy atom. The molecule has 0 unspecified atom stereocenters. The second kappa shape index (κ2) is 3.80. The summed E-state index contributed by atoms with van der Waals surface area (Å²) in [5.74, 6) is 1.05. The minimum atomic E-state index is -0.0894. The van der Waals surface area contributed by atoms with Crippen molar-refractivity contribution in [3.63, 3.8) is 0 Å². The number of ether oxygens (including phenoxy) is 2. The fourth-order valence-corrected chi connectivity index (χ4v) is 2.08. The summed E-state index contributed by atoms with van der Waals surface area (Å²) in [6.07, 6.45) is 1.48. The second-order valence-electron chi connectivity index (χ2n) is 3.84. The first-order valence-electron chi connectivity index (χ1n) is 5.40. The molecule has 3 rings (SSSR count). The minimum absolute atomic E-state index is 0.0894. The minimum Gasteiger partial charge on any atom is -0.493 e. The molecular weight excluding hydrogens is 234 g/mol. The highest BCUT2D eigenvalue weighted by molar-refractivity contribution is 5.94. The molecule has 0 aliphatic carbocycles. The van der Waals surface area contributed by atoms with Gasteiger partial charge in [-0.05, 0) is 18.2 Å². The fraction of sp³-hybridized carbons (Fsp3) is 0.154. The van der Waals surface area contributed by atoms with Gasteiger partial charge in [0.15, 0.2) is 11.5 Å². The summed E-state index contributed by atoms with van der Waals surface area (Å²) in [6.45, 7) is 0. The zero-order valence-electron chi connectivity index (χ0n) is 9.94. The quantitative estimate of drug-likeness (QED) is 0.752. The third-order valence-corrected chi connectivity index (χ3v) is 2.94. The summed E-state index contributed by atoms with van der Waals surface area (Å²) >= 11 is 0. The van der Waals surface area contributed by atoms with Crippen molar-refractivity contribution in [3.05, 3.63) is 34.7 Å². The van der Waals surface area contributed by atoms with Crippen LogP contribution in [-0.4, -0.2) is 19.2 Å². The standard InChI is InChI=1S/C13H11NO4/c1-16-9-4-3-7-10(12(9)17-2)14-13-8(11(7)15)5-6-18-13/h3-6H,1-2H3,(H,14,15). The number of benzene rings is 1. The zero-order chi connectivity index (χ0) is 12.7. The fourth-order valence-electron chi connectivity index (χ4n) is 2.08. The average Bonchev–Trinajstić information content (AvgIpc) is 2.86. The van der Waals surface area contributed by atoms with Gasteiger partial charge in [-0.3, -0.25) is 4.79 Å². The number of pyridine rings is 1. The Labute approximate surface area is 102 Å². The number of methoxy groups -OCH3 is 2. The lowest BCUT2D eigenvalue weighted by molar-refractivity contribution is 0.358. The largest absolute Gasteiger partial charge is 0.493 e. The number of rotatable bonds is 2. The maximum Gasteiger partial charge on any atom is 0.208 e. The van der Waals surface area contributed by atoms with Crippen molar-refractivity contribution in [2.75, 3.05) is 14.2 Å². The molecule has 18 heavy (non-hydrogen) atoms. The molecule has 2 heterocycles. The number of H-pyrrole nitrogens is 1. The highest BCUT2D eigenvalue weighted by Crippen LogP contribution is 2.33. The number of hydrogen-bond donors (Lipinski definition) is 1. The van der Waals surface area contributed by atoms with Crippen molar-refractivity contribution in [1.82, 2.24) is 4.98 Å². The third kappa shape index (κ3) is 1.30. The topological polar surface area (TPSA) is 64.5 Å². The monoisotopic (exact) mass is 245 g/mol. The Morgan fingerprint density at radius 3 is 2.67 bits per heavy atom. The summed E-state index contributed by atoms with van der Waals surface area (Å²) in [5, 5.41) is 1.07. The lowest BCUT2D eigenvalue weighted by Crippen LogP contribution is -2.04. The van der Waals surface area contributed by atoms with Crippen LogP contribution in [0.15, 0.2) is 33.7 Å². The molecule has 5 nitrogen and oxygen atoms in total. The zero-order valence-corrected chi connectivity index (χ0v) is 9.94. The molecular formula is C13H11NO4. The molecule has 5 heteroatoms. The molecule has 92 valence electrons. The van der Waals surface area contributed by atoms with Gasteiger partial charge in [0.05, 0.1) is 36.8 Å². The van der Waals surface area contributed by atoms with Crippen LogP contribution >= 0.6 is 0 Å². The van der Waals surface area contributed by atoms with Gasteiger partial charge in [0, 0.05) is 0 Å². The Kier molecular flexibility index (Phi) is 2.26. The van der Waals surface area contributed by atoms with E-state index >= 15 is 0 Å². The highest BCUT2D eigenvalue weighted by Gasteiger charge is 2.14. The van der Waals surface area contributed by atoms with Gasteiger partial charge in [0.2, 0.25) is 11.1 Å². The second-order valence-corrected chi connectivity index (χ2v) is 3.84. The predicted octanol–water partition coefficient (Wildman–Crippen LogP) is 2.29. The van der Waals surface area contributed by atoms with Crippen molar-refractivity contribution < 1.29 is 13.9 Å². The molecule has 0 fully saturated rings. The van der Waals surface area contributed by atoms with Crippen LogP contribution in [0.1, 0.15) is 0 Å². The van der Waals surface area contributed by atoms with Gasteiger partial charge < -0.3 is 18.9 Å². The van der Waals surface area contributed by atoms with E-state index in [9.17, 15) is 4.79 Å². The molecule has 0 radical (unpaired) electrons. The summed E-state index contributed by atoms with van der Waals surface area (Å²) in [7, 11) is 3.08. The number of hydrogen-bond acceptors (Lipinski definition) is 4. The van der Waals surface area contributed by atoms with E-state index in [1.807, 2.05) is 0 Å². The van der Waals surface area contributed by atoms with Gasteiger partial charge in [-0.15, -0.1) is 0 Å². The first-order chi connectivity index (χ1) is 8.76. The predicted molar refractivity (Wildman–Crippen MR) is 67.4 cm³/mol. The lowest BCUT2D eigenvalue weighted by atomic mass is 10.1. The third-order valence-electron chi connectivity index (χ3n) is 2.94. The van der Waals surface area contributed by atoms with E-state index in [1.165, 1.54) is 13.4 Å². The van der Waals surface area contributed by atoms with E-state index < -0.39 is 0 Å². The summed E-state index contributed by atoms with van der Waals surface area (Å²) in [4.78, 5) is 15.3. The van der Waals surface area contributed by atoms with Crippen LogP contribution in [0.25, 0.3) is 22.0 Å². The van der Waals surface area contributed by atoms with Crippen molar-refractivity contribution >= 4 is 22.0 Å². The molecule has 0 spiro atoms. The van der Waals surface area contributed by atoms with Crippen molar-refractivity contribution in [1.29, 1.82) is 0 Å². The van der Waals surface area contributed by atoms with Crippen LogP contribution in [0.5, 0.6) is 11.5 Å². The smallest absolute Gasteiger partial charge is 0.208 e. The first-order valence-corrected chi connectivity index (χ1v) is 5.40. The van der Waals surface area contributed by atoms with E-state index in [-0.39, 0.29) is 5.43 Å². The van der Waals surface area contributed by atoms with E-state index in [1.54, 1.807) is 25.3 Å². The Bertz CT molecular complexity index is 785. The number of furan rings is 1. The van der Waals surface area contributed by atoms with Crippen LogP contribution in [0.3, 0.4) is 0 Å².